The molecule has 6 nitrogen and oxygen atoms in total. The van der Waals surface area contributed by atoms with Gasteiger partial charge in [-0.1, -0.05) is 23.7 Å². The number of hydrogen-bond donors (Lipinski definition) is 1. The minimum atomic E-state index is -0.477. The first kappa shape index (κ1) is 16.4. The van der Waals surface area contributed by atoms with E-state index in [1.807, 2.05) is 6.07 Å². The lowest BCUT2D eigenvalue weighted by molar-refractivity contribution is -0.384. The van der Waals surface area contributed by atoms with Crippen LogP contribution in [0.15, 0.2) is 54.6 Å². The molecule has 122 valence electrons. The molecular weight excluding hydrogens is 340 g/mol. The Morgan fingerprint density at radius 3 is 2.24 bits per heavy atom. The summed E-state index contributed by atoms with van der Waals surface area (Å²) in [4.78, 5) is 14.6. The number of aromatic nitrogens is 1. The Labute approximate surface area is 148 Å². The highest BCUT2D eigenvalue weighted by Gasteiger charge is 2.14. The Morgan fingerprint density at radius 2 is 1.68 bits per heavy atom. The molecule has 0 spiro atoms. The Kier molecular flexibility index (Phi) is 4.33. The fourth-order valence-electron chi connectivity index (χ4n) is 2.44. The molecule has 0 amide bonds. The van der Waals surface area contributed by atoms with Crippen molar-refractivity contribution in [3.05, 3.63) is 75.3 Å². The number of nitrogen functional groups attached to an aromatic ring is 1. The first-order valence-corrected chi connectivity index (χ1v) is 7.59. The van der Waals surface area contributed by atoms with E-state index < -0.39 is 4.92 Å². The Balaban J connectivity index is 2.16. The summed E-state index contributed by atoms with van der Waals surface area (Å²) in [7, 11) is 0. The van der Waals surface area contributed by atoms with Crippen LogP contribution in [0.2, 0.25) is 5.02 Å². The molecule has 0 fully saturated rings. The van der Waals surface area contributed by atoms with E-state index in [4.69, 9.17) is 17.3 Å². The molecule has 25 heavy (non-hydrogen) atoms. The fourth-order valence-corrected chi connectivity index (χ4v) is 2.57. The van der Waals surface area contributed by atoms with Crippen molar-refractivity contribution in [2.45, 2.75) is 0 Å². The van der Waals surface area contributed by atoms with E-state index in [0.29, 0.717) is 21.8 Å². The lowest BCUT2D eigenvalue weighted by Crippen LogP contribution is -2.00. The van der Waals surface area contributed by atoms with Gasteiger partial charge in [0.05, 0.1) is 10.6 Å². The molecule has 0 radical (unpaired) electrons. The number of nitrogens with zero attached hydrogens (tertiary/aromatic N) is 3. The van der Waals surface area contributed by atoms with E-state index in [1.54, 1.807) is 42.5 Å². The van der Waals surface area contributed by atoms with Crippen LogP contribution in [-0.4, -0.2) is 9.91 Å². The van der Waals surface area contributed by atoms with E-state index in [0.717, 1.165) is 5.56 Å². The van der Waals surface area contributed by atoms with Gasteiger partial charge in [-0.3, -0.25) is 10.1 Å². The number of hydrogen-bond acceptors (Lipinski definition) is 5. The third kappa shape index (κ3) is 3.27. The van der Waals surface area contributed by atoms with Crippen LogP contribution >= 0.6 is 11.6 Å². The third-order valence-electron chi connectivity index (χ3n) is 3.69. The van der Waals surface area contributed by atoms with Gasteiger partial charge in [0.2, 0.25) is 0 Å². The van der Waals surface area contributed by atoms with Gasteiger partial charge in [-0.2, -0.15) is 5.26 Å². The molecule has 0 aliphatic rings. The average Bonchev–Trinajstić information content (AvgIpc) is 2.61. The van der Waals surface area contributed by atoms with Gasteiger partial charge >= 0.3 is 0 Å². The summed E-state index contributed by atoms with van der Waals surface area (Å²) < 4.78 is 0. The summed E-state index contributed by atoms with van der Waals surface area (Å²) >= 11 is 5.90. The predicted octanol–water partition coefficient (Wildman–Crippen LogP) is 4.43. The van der Waals surface area contributed by atoms with Crippen LogP contribution in [0.1, 0.15) is 5.56 Å². The number of rotatable bonds is 3. The van der Waals surface area contributed by atoms with Crippen LogP contribution in [0.25, 0.3) is 22.4 Å². The smallest absolute Gasteiger partial charge is 0.269 e. The molecule has 0 saturated heterocycles. The molecule has 0 saturated carbocycles. The van der Waals surface area contributed by atoms with Crippen molar-refractivity contribution in [3.8, 4) is 28.5 Å². The van der Waals surface area contributed by atoms with E-state index in [1.165, 1.54) is 12.1 Å². The van der Waals surface area contributed by atoms with Crippen molar-refractivity contribution in [2.75, 3.05) is 5.73 Å². The van der Waals surface area contributed by atoms with Gasteiger partial charge in [-0.25, -0.2) is 4.98 Å². The summed E-state index contributed by atoms with van der Waals surface area (Å²) in [5.74, 6) is 0.100. The standard InChI is InChI=1S/C18H11ClN4O2/c19-13-5-1-12(2-6-13)17-9-15(16(10-20)18(21)22-17)11-3-7-14(8-4-11)23(24)25/h1-9H,(H2,21,22). The molecule has 1 heterocycles. The summed E-state index contributed by atoms with van der Waals surface area (Å²) in [5.41, 5.74) is 8.74. The molecule has 1 aromatic heterocycles. The van der Waals surface area contributed by atoms with Crippen molar-refractivity contribution < 1.29 is 4.92 Å². The van der Waals surface area contributed by atoms with Gasteiger partial charge in [0.25, 0.3) is 5.69 Å². The zero-order chi connectivity index (χ0) is 18.0. The molecule has 2 N–H and O–H groups in total. The summed E-state index contributed by atoms with van der Waals surface area (Å²) in [6.07, 6.45) is 0. The normalized spacial score (nSPS) is 10.2. The minimum absolute atomic E-state index is 0.0257. The number of nitro benzene ring substituents is 1. The molecule has 3 aromatic rings. The lowest BCUT2D eigenvalue weighted by atomic mass is 9.98. The van der Waals surface area contributed by atoms with Gasteiger partial charge in [0.1, 0.15) is 17.5 Å². The molecular formula is C18H11ClN4O2. The van der Waals surface area contributed by atoms with Crippen LogP contribution in [0, 0.1) is 21.4 Å². The topological polar surface area (TPSA) is 106 Å². The highest BCUT2D eigenvalue weighted by molar-refractivity contribution is 6.30. The number of non-ortho nitro benzene ring substituents is 1. The number of benzene rings is 2. The first-order chi connectivity index (χ1) is 12.0. The zero-order valence-corrected chi connectivity index (χ0v) is 13.6. The molecule has 0 aliphatic carbocycles. The molecule has 0 bridgehead atoms. The molecule has 7 heteroatoms. The van der Waals surface area contributed by atoms with Crippen LogP contribution in [-0.2, 0) is 0 Å². The Hall–Kier alpha value is -3.43. The maximum absolute atomic E-state index is 10.8. The van der Waals surface area contributed by atoms with E-state index in [9.17, 15) is 15.4 Å². The third-order valence-corrected chi connectivity index (χ3v) is 3.94. The summed E-state index contributed by atoms with van der Waals surface area (Å²) in [6.45, 7) is 0. The van der Waals surface area contributed by atoms with Gasteiger partial charge < -0.3 is 5.73 Å². The summed E-state index contributed by atoms with van der Waals surface area (Å²) in [5, 5.41) is 20.8. The van der Waals surface area contributed by atoms with Gasteiger partial charge in [0, 0.05) is 28.3 Å². The quantitative estimate of drug-likeness (QED) is 0.555. The van der Waals surface area contributed by atoms with Gasteiger partial charge in [-0.15, -0.1) is 0 Å². The van der Waals surface area contributed by atoms with Crippen molar-refractivity contribution >= 4 is 23.1 Å². The average molecular weight is 351 g/mol. The number of halogens is 1. The molecule has 0 aliphatic heterocycles. The maximum Gasteiger partial charge on any atom is 0.269 e. The van der Waals surface area contributed by atoms with Gasteiger partial charge in [0.15, 0.2) is 0 Å². The number of pyridine rings is 1. The Morgan fingerprint density at radius 1 is 1.08 bits per heavy atom. The van der Waals surface area contributed by atoms with Crippen LogP contribution in [0.3, 0.4) is 0 Å². The Bertz CT molecular complexity index is 993. The monoisotopic (exact) mass is 350 g/mol. The van der Waals surface area contributed by atoms with Gasteiger partial charge in [-0.05, 0) is 35.9 Å². The second-order valence-corrected chi connectivity index (χ2v) is 5.67. The van der Waals surface area contributed by atoms with E-state index >= 15 is 0 Å². The highest BCUT2D eigenvalue weighted by Crippen LogP contribution is 2.32. The van der Waals surface area contributed by atoms with E-state index in [-0.39, 0.29) is 17.1 Å². The molecule has 0 atom stereocenters. The van der Waals surface area contributed by atoms with E-state index in [2.05, 4.69) is 4.98 Å². The second kappa shape index (κ2) is 6.59. The molecule has 0 unspecified atom stereocenters. The maximum atomic E-state index is 10.8. The molecule has 2 aromatic carbocycles. The molecule has 3 rings (SSSR count). The van der Waals surface area contributed by atoms with Crippen molar-refractivity contribution in [3.63, 3.8) is 0 Å². The number of nitrogens with two attached hydrogens (primary N) is 1. The number of anilines is 1. The van der Waals surface area contributed by atoms with Crippen LogP contribution in [0.4, 0.5) is 11.5 Å². The first-order valence-electron chi connectivity index (χ1n) is 7.21. The van der Waals surface area contributed by atoms with Crippen molar-refractivity contribution in [1.29, 1.82) is 5.26 Å². The highest BCUT2D eigenvalue weighted by atomic mass is 35.5. The van der Waals surface area contributed by atoms with Crippen LogP contribution < -0.4 is 5.73 Å². The number of nitriles is 1. The fraction of sp³-hybridized carbons (Fsp3) is 0. The SMILES string of the molecule is N#Cc1c(-c2ccc([N+](=O)[O-])cc2)cc(-c2ccc(Cl)cc2)nc1N. The number of nitro groups is 1. The largest absolute Gasteiger partial charge is 0.383 e. The second-order valence-electron chi connectivity index (χ2n) is 5.24. The van der Waals surface area contributed by atoms with Crippen LogP contribution in [0.5, 0.6) is 0 Å². The lowest BCUT2D eigenvalue weighted by Gasteiger charge is -2.10. The zero-order valence-electron chi connectivity index (χ0n) is 12.8. The van der Waals surface area contributed by atoms with Crippen molar-refractivity contribution in [2.24, 2.45) is 0 Å². The van der Waals surface area contributed by atoms with Crippen molar-refractivity contribution in [1.82, 2.24) is 4.98 Å². The minimum Gasteiger partial charge on any atom is -0.383 e. The summed E-state index contributed by atoms with van der Waals surface area (Å²) in [6, 6.07) is 16.8. The predicted molar refractivity (Wildman–Crippen MR) is 95.9 cm³/mol.